The number of carbonyl (C=O) groups is 2. The Morgan fingerprint density at radius 2 is 2.14 bits per heavy atom. The highest BCUT2D eigenvalue weighted by atomic mass is 35.5. The number of hydrogen-bond donors (Lipinski definition) is 2. The van der Waals surface area contributed by atoms with Gasteiger partial charge in [-0.1, -0.05) is 22.9 Å². The molecule has 0 aliphatic heterocycles. The number of carboxylic acids is 1. The quantitative estimate of drug-likeness (QED) is 0.891. The van der Waals surface area contributed by atoms with Crippen molar-refractivity contribution in [3.05, 3.63) is 40.7 Å². The van der Waals surface area contributed by atoms with E-state index >= 15 is 0 Å². The fourth-order valence-electron chi connectivity index (χ4n) is 2.19. The van der Waals surface area contributed by atoms with Crippen molar-refractivity contribution in [2.75, 3.05) is 0 Å². The van der Waals surface area contributed by atoms with E-state index in [-0.39, 0.29) is 5.69 Å². The van der Waals surface area contributed by atoms with E-state index < -0.39 is 17.4 Å². The highest BCUT2D eigenvalue weighted by Crippen LogP contribution is 2.35. The number of benzene rings is 1. The van der Waals surface area contributed by atoms with E-state index in [0.29, 0.717) is 29.2 Å². The Kier molecular flexibility index (Phi) is 3.37. The molecule has 0 spiro atoms. The predicted octanol–water partition coefficient (Wildman–Crippen LogP) is 1.58. The lowest BCUT2D eigenvalue weighted by molar-refractivity contribution is -0.140. The summed E-state index contributed by atoms with van der Waals surface area (Å²) in [5.74, 6) is -1.56. The van der Waals surface area contributed by atoms with E-state index in [2.05, 4.69) is 15.6 Å². The normalized spacial score (nSPS) is 15.4. The van der Waals surface area contributed by atoms with Crippen LogP contribution < -0.4 is 5.32 Å². The molecule has 8 heteroatoms. The van der Waals surface area contributed by atoms with Gasteiger partial charge in [-0.05, 0) is 38.0 Å². The third-order valence-corrected chi connectivity index (χ3v) is 3.91. The molecule has 1 aromatic carbocycles. The molecule has 1 heterocycles. The second-order valence-corrected chi connectivity index (χ2v) is 5.69. The highest BCUT2D eigenvalue weighted by Gasteiger charge is 2.52. The van der Waals surface area contributed by atoms with Gasteiger partial charge in [0.05, 0.1) is 11.4 Å². The summed E-state index contributed by atoms with van der Waals surface area (Å²) in [7, 11) is 0. The Hall–Kier alpha value is -2.41. The van der Waals surface area contributed by atoms with E-state index in [9.17, 15) is 9.59 Å². The van der Waals surface area contributed by atoms with Crippen LogP contribution in [-0.4, -0.2) is 37.5 Å². The van der Waals surface area contributed by atoms with E-state index in [0.717, 1.165) is 0 Å². The van der Waals surface area contributed by atoms with Crippen LogP contribution in [0.5, 0.6) is 0 Å². The number of halogens is 1. The van der Waals surface area contributed by atoms with Crippen molar-refractivity contribution in [3.63, 3.8) is 0 Å². The van der Waals surface area contributed by atoms with Gasteiger partial charge in [0.15, 0.2) is 5.69 Å². The van der Waals surface area contributed by atoms with Gasteiger partial charge < -0.3 is 10.4 Å². The summed E-state index contributed by atoms with van der Waals surface area (Å²) in [6, 6.07) is 6.98. The summed E-state index contributed by atoms with van der Waals surface area (Å²) in [4.78, 5) is 23.3. The van der Waals surface area contributed by atoms with Crippen molar-refractivity contribution in [2.45, 2.75) is 25.3 Å². The Balaban J connectivity index is 1.88. The molecule has 1 aliphatic carbocycles. The molecular weight excluding hydrogens is 308 g/mol. The number of nitrogens with one attached hydrogen (secondary N) is 1. The lowest BCUT2D eigenvalue weighted by atomic mass is 10.2. The van der Waals surface area contributed by atoms with Crippen LogP contribution in [0, 0.1) is 6.92 Å². The lowest BCUT2D eigenvalue weighted by Gasteiger charge is -2.11. The molecule has 0 atom stereocenters. The molecular formula is C14H13ClN4O3. The number of nitrogens with zero attached hydrogens (tertiary/aromatic N) is 3. The van der Waals surface area contributed by atoms with Crippen molar-refractivity contribution in [3.8, 4) is 5.69 Å². The summed E-state index contributed by atoms with van der Waals surface area (Å²) < 4.78 is 1.49. The second kappa shape index (κ2) is 5.10. The van der Waals surface area contributed by atoms with Crippen molar-refractivity contribution < 1.29 is 14.7 Å². The molecule has 1 saturated carbocycles. The average Bonchev–Trinajstić information content (AvgIpc) is 3.14. The predicted molar refractivity (Wildman–Crippen MR) is 78.2 cm³/mol. The zero-order valence-electron chi connectivity index (χ0n) is 11.7. The van der Waals surface area contributed by atoms with Crippen molar-refractivity contribution in [1.29, 1.82) is 0 Å². The van der Waals surface area contributed by atoms with Crippen LogP contribution >= 0.6 is 11.6 Å². The van der Waals surface area contributed by atoms with Gasteiger partial charge >= 0.3 is 5.97 Å². The zero-order valence-corrected chi connectivity index (χ0v) is 12.5. The minimum Gasteiger partial charge on any atom is -0.480 e. The lowest BCUT2D eigenvalue weighted by Crippen LogP contribution is -2.43. The Morgan fingerprint density at radius 3 is 2.73 bits per heavy atom. The van der Waals surface area contributed by atoms with Crippen molar-refractivity contribution in [2.24, 2.45) is 0 Å². The van der Waals surface area contributed by atoms with Gasteiger partial charge in [-0.2, -0.15) is 0 Å². The fraction of sp³-hybridized carbons (Fsp3) is 0.286. The van der Waals surface area contributed by atoms with Crippen LogP contribution in [0.25, 0.3) is 5.69 Å². The van der Waals surface area contributed by atoms with Gasteiger partial charge in [-0.25, -0.2) is 9.48 Å². The van der Waals surface area contributed by atoms with Gasteiger partial charge in [0, 0.05) is 5.02 Å². The summed E-state index contributed by atoms with van der Waals surface area (Å²) in [6.45, 7) is 1.69. The molecule has 1 aliphatic rings. The summed E-state index contributed by atoms with van der Waals surface area (Å²) in [5, 5.41) is 20.0. The monoisotopic (exact) mass is 320 g/mol. The molecule has 0 saturated heterocycles. The maximum Gasteiger partial charge on any atom is 0.329 e. The molecule has 1 amide bonds. The third kappa shape index (κ3) is 2.43. The standard InChI is InChI=1S/C14H13ClN4O3/c1-8-11(12(20)16-14(5-6-14)13(21)22)17-18-19(8)10-4-2-3-9(15)7-10/h2-4,7H,5-6H2,1H3,(H,16,20)(H,21,22). The number of carboxylic acid groups (broad SMARTS) is 1. The molecule has 3 rings (SSSR count). The van der Waals surface area contributed by atoms with Crippen LogP contribution in [0.2, 0.25) is 5.02 Å². The maximum atomic E-state index is 12.2. The first-order chi connectivity index (χ1) is 10.4. The molecule has 1 fully saturated rings. The molecule has 0 unspecified atom stereocenters. The molecule has 7 nitrogen and oxygen atoms in total. The smallest absolute Gasteiger partial charge is 0.329 e. The molecule has 114 valence electrons. The molecule has 2 N–H and O–H groups in total. The first-order valence-electron chi connectivity index (χ1n) is 6.67. The van der Waals surface area contributed by atoms with Crippen LogP contribution in [-0.2, 0) is 4.79 Å². The van der Waals surface area contributed by atoms with Crippen molar-refractivity contribution in [1.82, 2.24) is 20.3 Å². The molecule has 0 radical (unpaired) electrons. The minimum atomic E-state index is -1.15. The van der Waals surface area contributed by atoms with E-state index in [1.807, 2.05) is 0 Å². The third-order valence-electron chi connectivity index (χ3n) is 3.67. The maximum absolute atomic E-state index is 12.2. The van der Waals surface area contributed by atoms with Crippen molar-refractivity contribution >= 4 is 23.5 Å². The zero-order chi connectivity index (χ0) is 15.9. The molecule has 2 aromatic rings. The van der Waals surface area contributed by atoms with Gasteiger partial charge in [0.2, 0.25) is 0 Å². The first-order valence-corrected chi connectivity index (χ1v) is 7.05. The minimum absolute atomic E-state index is 0.104. The number of hydrogen-bond acceptors (Lipinski definition) is 4. The highest BCUT2D eigenvalue weighted by molar-refractivity contribution is 6.30. The van der Waals surface area contributed by atoms with E-state index in [1.165, 1.54) is 4.68 Å². The summed E-state index contributed by atoms with van der Waals surface area (Å²) in [5.41, 5.74) is 0.146. The number of amides is 1. The van der Waals surface area contributed by atoms with Gasteiger partial charge in [-0.3, -0.25) is 4.79 Å². The van der Waals surface area contributed by atoms with Crippen LogP contribution in [0.1, 0.15) is 29.0 Å². The summed E-state index contributed by atoms with van der Waals surface area (Å²) >= 11 is 5.94. The summed E-state index contributed by atoms with van der Waals surface area (Å²) in [6.07, 6.45) is 0.852. The van der Waals surface area contributed by atoms with Gasteiger partial charge in [-0.15, -0.1) is 5.10 Å². The van der Waals surface area contributed by atoms with E-state index in [1.54, 1.807) is 31.2 Å². The Bertz CT molecular complexity index is 767. The average molecular weight is 321 g/mol. The van der Waals surface area contributed by atoms with Gasteiger partial charge in [0.25, 0.3) is 5.91 Å². The number of aromatic nitrogens is 3. The number of rotatable bonds is 4. The van der Waals surface area contributed by atoms with Crippen LogP contribution in [0.4, 0.5) is 0 Å². The SMILES string of the molecule is Cc1c(C(=O)NC2(C(=O)O)CC2)nnn1-c1cccc(Cl)c1. The number of carbonyl (C=O) groups excluding carboxylic acids is 1. The Morgan fingerprint density at radius 1 is 1.41 bits per heavy atom. The van der Waals surface area contributed by atoms with Crippen LogP contribution in [0.3, 0.4) is 0 Å². The number of aliphatic carboxylic acids is 1. The second-order valence-electron chi connectivity index (χ2n) is 5.26. The molecule has 22 heavy (non-hydrogen) atoms. The first kappa shape index (κ1) is 14.5. The van der Waals surface area contributed by atoms with Crippen LogP contribution in [0.15, 0.2) is 24.3 Å². The largest absolute Gasteiger partial charge is 0.480 e. The fourth-order valence-corrected chi connectivity index (χ4v) is 2.37. The van der Waals surface area contributed by atoms with Gasteiger partial charge in [0.1, 0.15) is 5.54 Å². The molecule has 0 bridgehead atoms. The molecule has 1 aromatic heterocycles. The van der Waals surface area contributed by atoms with E-state index in [4.69, 9.17) is 16.7 Å². The topological polar surface area (TPSA) is 97.1 Å². The Labute approximate surface area is 130 Å².